The molecule has 0 aromatic carbocycles. The summed E-state index contributed by atoms with van der Waals surface area (Å²) in [7, 11) is 0. The van der Waals surface area contributed by atoms with Crippen molar-refractivity contribution in [3.8, 4) is 0 Å². The molecule has 17 heavy (non-hydrogen) atoms. The summed E-state index contributed by atoms with van der Waals surface area (Å²) < 4.78 is 0. The Kier molecular flexibility index (Phi) is 2.61. The molecule has 0 saturated carbocycles. The quantitative estimate of drug-likeness (QED) is 0.586. The van der Waals surface area contributed by atoms with Crippen molar-refractivity contribution in [2.75, 3.05) is 11.1 Å². The van der Waals surface area contributed by atoms with Gasteiger partial charge in [-0.2, -0.15) is 5.10 Å². The maximum Gasteiger partial charge on any atom is 0.269 e. The summed E-state index contributed by atoms with van der Waals surface area (Å²) >= 11 is 0. The van der Waals surface area contributed by atoms with Crippen molar-refractivity contribution in [3.05, 3.63) is 23.8 Å². The fourth-order valence-electron chi connectivity index (χ4n) is 1.29. The SMILES string of the molecule is Cc1cc(Nc2ncnc(C(N)=O)c2N)n[nH]1. The summed E-state index contributed by atoms with van der Waals surface area (Å²) in [6.45, 7) is 1.86. The third-order valence-corrected chi connectivity index (χ3v) is 2.07. The van der Waals surface area contributed by atoms with Crippen molar-refractivity contribution in [1.82, 2.24) is 20.2 Å². The number of amides is 1. The van der Waals surface area contributed by atoms with E-state index in [1.807, 2.05) is 6.92 Å². The van der Waals surface area contributed by atoms with E-state index in [4.69, 9.17) is 11.5 Å². The molecule has 0 spiro atoms. The number of carbonyl (C=O) groups excluding carboxylic acids is 1. The predicted molar refractivity (Wildman–Crippen MR) is 61.6 cm³/mol. The van der Waals surface area contributed by atoms with E-state index in [-0.39, 0.29) is 11.4 Å². The van der Waals surface area contributed by atoms with E-state index in [0.717, 1.165) is 5.69 Å². The van der Waals surface area contributed by atoms with Gasteiger partial charge in [0.25, 0.3) is 5.91 Å². The molecule has 8 nitrogen and oxygen atoms in total. The number of carbonyl (C=O) groups is 1. The Labute approximate surface area is 96.4 Å². The minimum Gasteiger partial charge on any atom is -0.394 e. The molecule has 0 radical (unpaired) electrons. The van der Waals surface area contributed by atoms with Crippen LogP contribution in [0.25, 0.3) is 0 Å². The van der Waals surface area contributed by atoms with E-state index in [1.165, 1.54) is 6.33 Å². The Balaban J connectivity index is 2.33. The largest absolute Gasteiger partial charge is 0.394 e. The van der Waals surface area contributed by atoms with Crippen LogP contribution in [0.3, 0.4) is 0 Å². The fourth-order valence-corrected chi connectivity index (χ4v) is 1.29. The predicted octanol–water partition coefficient (Wildman–Crippen LogP) is -0.0672. The van der Waals surface area contributed by atoms with Crippen LogP contribution in [0.15, 0.2) is 12.4 Å². The van der Waals surface area contributed by atoms with Gasteiger partial charge >= 0.3 is 0 Å². The topological polar surface area (TPSA) is 136 Å². The summed E-state index contributed by atoms with van der Waals surface area (Å²) in [5.74, 6) is 0.134. The Morgan fingerprint density at radius 2 is 2.24 bits per heavy atom. The Bertz CT molecular complexity index is 562. The van der Waals surface area contributed by atoms with Gasteiger partial charge in [0.2, 0.25) is 0 Å². The molecule has 0 saturated heterocycles. The number of hydrogen-bond donors (Lipinski definition) is 4. The van der Waals surface area contributed by atoms with Gasteiger partial charge < -0.3 is 16.8 Å². The number of nitrogens with zero attached hydrogens (tertiary/aromatic N) is 3. The molecular formula is C9H11N7O. The van der Waals surface area contributed by atoms with Crippen LogP contribution in [0.5, 0.6) is 0 Å². The van der Waals surface area contributed by atoms with Crippen LogP contribution in [0.4, 0.5) is 17.3 Å². The smallest absolute Gasteiger partial charge is 0.269 e. The highest BCUT2D eigenvalue weighted by molar-refractivity contribution is 5.98. The van der Waals surface area contributed by atoms with Gasteiger partial charge in [0, 0.05) is 11.8 Å². The third kappa shape index (κ3) is 2.14. The van der Waals surface area contributed by atoms with Crippen molar-refractivity contribution >= 4 is 23.2 Å². The Hall–Kier alpha value is -2.64. The molecule has 0 aliphatic rings. The van der Waals surface area contributed by atoms with Gasteiger partial charge in [-0.25, -0.2) is 9.97 Å². The maximum atomic E-state index is 11.0. The van der Waals surface area contributed by atoms with Crippen LogP contribution in [-0.4, -0.2) is 26.1 Å². The number of nitrogens with one attached hydrogen (secondary N) is 2. The zero-order valence-corrected chi connectivity index (χ0v) is 9.06. The molecular weight excluding hydrogens is 222 g/mol. The van der Waals surface area contributed by atoms with E-state index in [1.54, 1.807) is 6.07 Å². The number of aromatic amines is 1. The Morgan fingerprint density at radius 1 is 1.47 bits per heavy atom. The molecule has 1 amide bonds. The molecule has 2 rings (SSSR count). The fraction of sp³-hybridized carbons (Fsp3) is 0.111. The molecule has 8 heteroatoms. The van der Waals surface area contributed by atoms with Crippen LogP contribution >= 0.6 is 0 Å². The van der Waals surface area contributed by atoms with Crippen molar-refractivity contribution < 1.29 is 4.79 Å². The number of anilines is 3. The van der Waals surface area contributed by atoms with Gasteiger partial charge in [-0.1, -0.05) is 0 Å². The number of nitrogens with two attached hydrogens (primary N) is 2. The van der Waals surface area contributed by atoms with E-state index >= 15 is 0 Å². The first-order chi connectivity index (χ1) is 8.08. The summed E-state index contributed by atoms with van der Waals surface area (Å²) in [5.41, 5.74) is 11.8. The average Bonchev–Trinajstić information content (AvgIpc) is 2.67. The third-order valence-electron chi connectivity index (χ3n) is 2.07. The minimum atomic E-state index is -0.703. The number of rotatable bonds is 3. The van der Waals surface area contributed by atoms with Crippen LogP contribution in [0, 0.1) is 6.92 Å². The molecule has 6 N–H and O–H groups in total. The Morgan fingerprint density at radius 3 is 2.82 bits per heavy atom. The van der Waals surface area contributed by atoms with Crippen LogP contribution < -0.4 is 16.8 Å². The molecule has 88 valence electrons. The van der Waals surface area contributed by atoms with Crippen molar-refractivity contribution in [1.29, 1.82) is 0 Å². The summed E-state index contributed by atoms with van der Waals surface area (Å²) in [5, 5.41) is 9.58. The number of hydrogen-bond acceptors (Lipinski definition) is 6. The summed E-state index contributed by atoms with van der Waals surface area (Å²) in [4.78, 5) is 18.7. The van der Waals surface area contributed by atoms with Crippen LogP contribution in [0.1, 0.15) is 16.2 Å². The van der Waals surface area contributed by atoms with Gasteiger partial charge in [-0.15, -0.1) is 0 Å². The molecule has 2 heterocycles. The first-order valence-electron chi connectivity index (χ1n) is 4.77. The molecule has 0 atom stereocenters. The van der Waals surface area contributed by atoms with E-state index < -0.39 is 5.91 Å². The molecule has 0 aliphatic heterocycles. The lowest BCUT2D eigenvalue weighted by molar-refractivity contribution is 0.0996. The van der Waals surface area contributed by atoms with Gasteiger partial charge in [0.15, 0.2) is 17.3 Å². The zero-order chi connectivity index (χ0) is 12.4. The highest BCUT2D eigenvalue weighted by atomic mass is 16.1. The molecule has 0 fully saturated rings. The van der Waals surface area contributed by atoms with Crippen molar-refractivity contribution in [2.24, 2.45) is 5.73 Å². The maximum absolute atomic E-state index is 11.0. The lowest BCUT2D eigenvalue weighted by Crippen LogP contribution is -2.17. The van der Waals surface area contributed by atoms with E-state index in [9.17, 15) is 4.79 Å². The molecule has 2 aromatic heterocycles. The monoisotopic (exact) mass is 233 g/mol. The number of aromatic nitrogens is 4. The molecule has 2 aromatic rings. The van der Waals surface area contributed by atoms with Crippen molar-refractivity contribution in [3.63, 3.8) is 0 Å². The zero-order valence-electron chi connectivity index (χ0n) is 9.06. The van der Waals surface area contributed by atoms with Crippen LogP contribution in [-0.2, 0) is 0 Å². The van der Waals surface area contributed by atoms with Crippen molar-refractivity contribution in [2.45, 2.75) is 6.92 Å². The molecule has 0 bridgehead atoms. The number of aryl methyl sites for hydroxylation is 1. The van der Waals surface area contributed by atoms with Crippen LogP contribution in [0.2, 0.25) is 0 Å². The first-order valence-corrected chi connectivity index (χ1v) is 4.77. The second kappa shape index (κ2) is 4.08. The average molecular weight is 233 g/mol. The van der Waals surface area contributed by atoms with Gasteiger partial charge in [-0.05, 0) is 6.92 Å². The molecule has 0 unspecified atom stereocenters. The molecule has 0 aliphatic carbocycles. The highest BCUT2D eigenvalue weighted by Crippen LogP contribution is 2.21. The lowest BCUT2D eigenvalue weighted by atomic mass is 10.3. The highest BCUT2D eigenvalue weighted by Gasteiger charge is 2.13. The van der Waals surface area contributed by atoms with Gasteiger partial charge in [0.1, 0.15) is 12.0 Å². The second-order valence-electron chi connectivity index (χ2n) is 3.41. The number of primary amides is 1. The first kappa shape index (κ1) is 10.9. The normalized spacial score (nSPS) is 10.2. The number of H-pyrrole nitrogens is 1. The second-order valence-corrected chi connectivity index (χ2v) is 3.41. The number of nitrogen functional groups attached to an aromatic ring is 1. The van der Waals surface area contributed by atoms with Gasteiger partial charge in [0.05, 0.1) is 0 Å². The lowest BCUT2D eigenvalue weighted by Gasteiger charge is -2.06. The van der Waals surface area contributed by atoms with Gasteiger partial charge in [-0.3, -0.25) is 9.89 Å². The van der Waals surface area contributed by atoms with E-state index in [2.05, 4.69) is 25.5 Å². The summed E-state index contributed by atoms with van der Waals surface area (Å²) in [6.07, 6.45) is 1.21. The minimum absolute atomic E-state index is 0.0187. The summed E-state index contributed by atoms with van der Waals surface area (Å²) in [6, 6.07) is 1.77. The standard InChI is InChI=1S/C9H11N7O/c1-4-2-5(16-15-4)14-9-6(10)7(8(11)17)12-3-13-9/h2-3H,10H2,1H3,(H2,11,17)(H2,12,13,14,15,16). The van der Waals surface area contributed by atoms with E-state index in [0.29, 0.717) is 11.6 Å².